The van der Waals surface area contributed by atoms with Gasteiger partial charge in [0.25, 0.3) is 8.53 Å². The zero-order valence-electron chi connectivity index (χ0n) is 35.4. The molecule has 6 rings (SSSR count). The van der Waals surface area contributed by atoms with Crippen LogP contribution in [0, 0.1) is 0 Å². The maximum absolute atomic E-state index is 13.0. The molecule has 5 aromatic rings. The zero-order valence-corrected chi connectivity index (χ0v) is 36.3. The van der Waals surface area contributed by atoms with Gasteiger partial charge in [0, 0.05) is 31.7 Å². The Kier molecular flexibility index (Phi) is 15.6. The molecule has 1 amide bonds. The third-order valence-electron chi connectivity index (χ3n) is 10.9. The number of methoxy groups -OCH3 is 2. The van der Waals surface area contributed by atoms with E-state index in [1.807, 2.05) is 54.6 Å². The van der Waals surface area contributed by atoms with Crippen molar-refractivity contribution in [2.24, 2.45) is 0 Å². The van der Waals surface area contributed by atoms with Crippen molar-refractivity contribution in [3.8, 4) is 22.6 Å². The highest BCUT2D eigenvalue weighted by molar-refractivity contribution is 7.44. The first kappa shape index (κ1) is 43.8. The molecule has 0 aliphatic heterocycles. The van der Waals surface area contributed by atoms with E-state index in [1.165, 1.54) is 22.3 Å². The van der Waals surface area contributed by atoms with E-state index in [9.17, 15) is 4.79 Å². The predicted octanol–water partition coefficient (Wildman–Crippen LogP) is 11.1. The quantitative estimate of drug-likeness (QED) is 0.0445. The Hall–Kier alpha value is -4.76. The molecule has 0 radical (unpaired) electrons. The van der Waals surface area contributed by atoms with Gasteiger partial charge < -0.3 is 33.3 Å². The fourth-order valence-corrected chi connectivity index (χ4v) is 9.65. The molecule has 312 valence electrons. The van der Waals surface area contributed by atoms with Gasteiger partial charge in [-0.15, -0.1) is 0 Å². The summed E-state index contributed by atoms with van der Waals surface area (Å²) in [5, 5.41) is 2.99. The summed E-state index contributed by atoms with van der Waals surface area (Å²) in [7, 11) is 3.63. The lowest BCUT2D eigenvalue weighted by Gasteiger charge is -2.39. The Balaban J connectivity index is 1.18. The predicted molar refractivity (Wildman–Crippen MR) is 236 cm³/mol. The van der Waals surface area contributed by atoms with Crippen LogP contribution in [0.5, 0.6) is 11.5 Å². The molecule has 2 atom stereocenters. The van der Waals surface area contributed by atoms with E-state index >= 15 is 0 Å². The Morgan fingerprint density at radius 3 is 1.69 bits per heavy atom. The molecular formula is C49H59N2O7P. The third kappa shape index (κ3) is 10.3. The largest absolute Gasteiger partial charge is 0.497 e. The summed E-state index contributed by atoms with van der Waals surface area (Å²) in [5.74, 6) is 1.52. The highest BCUT2D eigenvalue weighted by Crippen LogP contribution is 2.48. The molecule has 59 heavy (non-hydrogen) atoms. The number of unbranched alkanes of at least 4 members (excludes halogenated alkanes) is 1. The number of ether oxygens (including phenoxy) is 4. The Morgan fingerprint density at radius 1 is 0.678 bits per heavy atom. The number of hydrogen-bond acceptors (Lipinski definition) is 8. The van der Waals surface area contributed by atoms with Crippen molar-refractivity contribution in [2.45, 2.75) is 76.7 Å². The van der Waals surface area contributed by atoms with Gasteiger partial charge in [0.05, 0.1) is 26.9 Å². The molecular weight excluding hydrogens is 760 g/mol. The molecule has 0 bridgehead atoms. The van der Waals surface area contributed by atoms with E-state index < -0.39 is 20.2 Å². The molecule has 9 nitrogen and oxygen atoms in total. The molecule has 10 heteroatoms. The van der Waals surface area contributed by atoms with Crippen LogP contribution in [0.2, 0.25) is 0 Å². The Morgan fingerprint density at radius 2 is 1.19 bits per heavy atom. The zero-order chi connectivity index (χ0) is 41.8. The van der Waals surface area contributed by atoms with Crippen LogP contribution in [0.25, 0.3) is 11.1 Å². The lowest BCUT2D eigenvalue weighted by atomic mass is 9.80. The van der Waals surface area contributed by atoms with Crippen LogP contribution in [0.1, 0.15) is 80.7 Å². The fraction of sp³-hybridized carbons (Fsp3) is 0.367. The van der Waals surface area contributed by atoms with Gasteiger partial charge in [-0.2, -0.15) is 0 Å². The molecule has 0 heterocycles. The van der Waals surface area contributed by atoms with Crippen molar-refractivity contribution in [1.82, 2.24) is 9.99 Å². The number of carbonyl (C=O) groups is 1. The smallest absolute Gasteiger partial charge is 0.407 e. The van der Waals surface area contributed by atoms with Crippen molar-refractivity contribution < 1.29 is 32.8 Å². The number of nitrogens with zero attached hydrogens (tertiary/aromatic N) is 1. The van der Waals surface area contributed by atoms with Crippen molar-refractivity contribution >= 4 is 14.6 Å². The van der Waals surface area contributed by atoms with Gasteiger partial charge in [-0.05, 0) is 110 Å². The maximum Gasteiger partial charge on any atom is 0.407 e. The van der Waals surface area contributed by atoms with Gasteiger partial charge in [0.15, 0.2) is 0 Å². The van der Waals surface area contributed by atoms with Crippen LogP contribution >= 0.6 is 8.53 Å². The normalized spacial score (nSPS) is 13.6. The molecule has 0 aromatic heterocycles. The van der Waals surface area contributed by atoms with E-state index in [1.54, 1.807) is 21.3 Å². The van der Waals surface area contributed by atoms with Crippen LogP contribution in [-0.2, 0) is 24.1 Å². The molecule has 0 saturated carbocycles. The van der Waals surface area contributed by atoms with Gasteiger partial charge in [-0.3, -0.25) is 0 Å². The van der Waals surface area contributed by atoms with Crippen molar-refractivity contribution in [3.63, 3.8) is 0 Å². The van der Waals surface area contributed by atoms with Crippen molar-refractivity contribution in [3.05, 3.63) is 155 Å². The van der Waals surface area contributed by atoms with Crippen LogP contribution in [0.15, 0.2) is 127 Å². The van der Waals surface area contributed by atoms with E-state index in [0.29, 0.717) is 13.0 Å². The average Bonchev–Trinajstić information content (AvgIpc) is 3.59. The van der Waals surface area contributed by atoms with Crippen LogP contribution < -0.4 is 14.8 Å². The summed E-state index contributed by atoms with van der Waals surface area (Å²) in [6.07, 6.45) is 1.43. The molecule has 1 aliphatic rings. The number of nitrogens with one attached hydrogen (secondary N) is 1. The second-order valence-electron chi connectivity index (χ2n) is 15.3. The van der Waals surface area contributed by atoms with Gasteiger partial charge in [0.1, 0.15) is 23.7 Å². The van der Waals surface area contributed by atoms with Gasteiger partial charge >= 0.3 is 6.09 Å². The number of alkyl carbamates (subject to hydrolysis) is 1. The number of hydrogen-bond donors (Lipinski definition) is 1. The van der Waals surface area contributed by atoms with Gasteiger partial charge in [-0.25, -0.2) is 9.46 Å². The lowest BCUT2D eigenvalue weighted by Crippen LogP contribution is -2.38. The van der Waals surface area contributed by atoms with E-state index in [2.05, 4.69) is 110 Å². The molecule has 1 aliphatic carbocycles. The van der Waals surface area contributed by atoms with Crippen LogP contribution in [0.4, 0.5) is 4.79 Å². The Bertz CT molecular complexity index is 1960. The molecule has 1 N–H and O–H groups in total. The number of amides is 1. The maximum atomic E-state index is 13.0. The SMILES string of the molecule is COc1ccc(C(OCC(CCCCNC(=O)OCC2c3ccccc3-c3ccccc32)OP(OC)N(C(C)C)C(C)C)(c2ccccc2)c2ccc(OC)cc2)cc1. The molecule has 0 spiro atoms. The van der Waals surface area contributed by atoms with Crippen LogP contribution in [0.3, 0.4) is 0 Å². The summed E-state index contributed by atoms with van der Waals surface area (Å²) in [5.41, 5.74) is 6.65. The van der Waals surface area contributed by atoms with E-state index in [-0.39, 0.29) is 37.3 Å². The second kappa shape index (κ2) is 21.0. The first-order chi connectivity index (χ1) is 28.7. The molecule has 0 saturated heterocycles. The molecule has 2 unspecified atom stereocenters. The minimum Gasteiger partial charge on any atom is -0.497 e. The monoisotopic (exact) mass is 818 g/mol. The first-order valence-corrected chi connectivity index (χ1v) is 21.7. The van der Waals surface area contributed by atoms with Crippen LogP contribution in [-0.4, -0.2) is 70.0 Å². The summed E-state index contributed by atoms with van der Waals surface area (Å²) in [6, 6.07) is 43.5. The summed E-state index contributed by atoms with van der Waals surface area (Å²) in [4.78, 5) is 13.0. The lowest BCUT2D eigenvalue weighted by molar-refractivity contribution is -0.0360. The topological polar surface area (TPSA) is 87.7 Å². The highest BCUT2D eigenvalue weighted by atomic mass is 31.2. The van der Waals surface area contributed by atoms with Gasteiger partial charge in [0.2, 0.25) is 0 Å². The second-order valence-corrected chi connectivity index (χ2v) is 16.8. The molecule has 5 aromatic carbocycles. The van der Waals surface area contributed by atoms with E-state index in [4.69, 9.17) is 28.0 Å². The standard InChI is InChI=1S/C49H59N2O7P/c1-35(2)51(36(3)4)59(55-7)58-42(19-15-16-32-50-48(52)56-34-47-45-22-13-11-20-43(45)44-21-12-14-23-46(44)47)33-57-49(37-17-9-8-10-18-37,38-24-28-40(53-5)29-25-38)39-26-30-41(54-6)31-27-39/h8-14,17-18,20-31,35-36,42,47H,15-16,19,32-34H2,1-7H3,(H,50,52). The number of benzene rings is 5. The van der Waals surface area contributed by atoms with E-state index in [0.717, 1.165) is 41.0 Å². The third-order valence-corrected chi connectivity index (χ3v) is 13.0. The number of fused-ring (bicyclic) bond motifs is 3. The van der Waals surface area contributed by atoms with Gasteiger partial charge in [-0.1, -0.05) is 103 Å². The summed E-state index contributed by atoms with van der Waals surface area (Å²) in [6.45, 7) is 9.65. The number of carbonyl (C=O) groups excluding carboxylic acids is 1. The minimum absolute atomic E-state index is 0.0109. The first-order valence-electron chi connectivity index (χ1n) is 20.6. The highest BCUT2D eigenvalue weighted by Gasteiger charge is 2.39. The fourth-order valence-electron chi connectivity index (χ4n) is 8.09. The van der Waals surface area contributed by atoms with Crippen molar-refractivity contribution in [1.29, 1.82) is 0 Å². The molecule has 0 fully saturated rings. The summed E-state index contributed by atoms with van der Waals surface area (Å²) >= 11 is 0. The Labute approximate surface area is 351 Å². The number of rotatable bonds is 21. The minimum atomic E-state index is -1.41. The summed E-state index contributed by atoms with van der Waals surface area (Å²) < 4.78 is 39.5. The van der Waals surface area contributed by atoms with Crippen molar-refractivity contribution in [2.75, 3.05) is 41.1 Å². The average molecular weight is 819 g/mol.